The lowest BCUT2D eigenvalue weighted by Crippen LogP contribution is -2.41. The fraction of sp³-hybridized carbons (Fsp3) is 0.261. The summed E-state index contributed by atoms with van der Waals surface area (Å²) in [5.74, 6) is -2.48. The van der Waals surface area contributed by atoms with Gasteiger partial charge in [0.2, 0.25) is 5.91 Å². The molecular formula is C23H21F2N3O2S. The number of nitrogens with one attached hydrogen (secondary N) is 1. The van der Waals surface area contributed by atoms with Crippen LogP contribution in [0.2, 0.25) is 0 Å². The molecule has 31 heavy (non-hydrogen) atoms. The van der Waals surface area contributed by atoms with Crippen molar-refractivity contribution >= 4 is 28.3 Å². The van der Waals surface area contributed by atoms with Crippen LogP contribution in [0.15, 0.2) is 48.5 Å². The van der Waals surface area contributed by atoms with Crippen LogP contribution in [0.5, 0.6) is 0 Å². The number of nitrogens with zero attached hydrogens (tertiary/aromatic N) is 2. The van der Waals surface area contributed by atoms with Crippen LogP contribution in [0.3, 0.4) is 0 Å². The molecule has 0 saturated carbocycles. The number of benzene rings is 2. The lowest BCUT2D eigenvalue weighted by molar-refractivity contribution is -0.121. The Morgan fingerprint density at radius 1 is 1.10 bits per heavy atom. The van der Waals surface area contributed by atoms with E-state index < -0.39 is 17.5 Å². The zero-order chi connectivity index (χ0) is 22.0. The highest BCUT2D eigenvalue weighted by Gasteiger charge is 2.29. The van der Waals surface area contributed by atoms with Crippen molar-refractivity contribution in [2.45, 2.75) is 19.8 Å². The first-order valence-corrected chi connectivity index (χ1v) is 10.8. The largest absolute Gasteiger partial charge is 0.339 e. The molecule has 1 fully saturated rings. The Hall–Kier alpha value is -3.13. The topological polar surface area (TPSA) is 62.3 Å². The Kier molecular flexibility index (Phi) is 6.08. The minimum atomic E-state index is -0.877. The molecule has 2 heterocycles. The second-order valence-electron chi connectivity index (χ2n) is 7.48. The molecule has 1 saturated heterocycles. The van der Waals surface area contributed by atoms with Crippen LogP contribution in [-0.4, -0.2) is 34.8 Å². The molecule has 1 aliphatic heterocycles. The molecule has 0 unspecified atom stereocenters. The van der Waals surface area contributed by atoms with E-state index in [-0.39, 0.29) is 17.4 Å². The zero-order valence-corrected chi connectivity index (χ0v) is 17.7. The van der Waals surface area contributed by atoms with Crippen LogP contribution in [0, 0.1) is 24.5 Å². The normalized spacial score (nSPS) is 14.5. The lowest BCUT2D eigenvalue weighted by atomic mass is 9.95. The fourth-order valence-corrected chi connectivity index (χ4v) is 4.67. The minimum absolute atomic E-state index is 0.131. The van der Waals surface area contributed by atoms with Gasteiger partial charge in [-0.3, -0.25) is 9.59 Å². The van der Waals surface area contributed by atoms with Crippen LogP contribution in [0.25, 0.3) is 10.4 Å². The van der Waals surface area contributed by atoms with Gasteiger partial charge in [-0.25, -0.2) is 13.8 Å². The van der Waals surface area contributed by atoms with Crippen molar-refractivity contribution in [3.05, 3.63) is 71.4 Å². The predicted octanol–water partition coefficient (Wildman–Crippen LogP) is 4.89. The highest BCUT2D eigenvalue weighted by atomic mass is 32.1. The maximum atomic E-state index is 13.9. The summed E-state index contributed by atoms with van der Waals surface area (Å²) in [6, 6.07) is 12.8. The van der Waals surface area contributed by atoms with Crippen molar-refractivity contribution in [2.75, 3.05) is 18.4 Å². The SMILES string of the molecule is Cc1nc(NC(=O)C2CCN(C(=O)c3ccc(F)cc3F)CC2)sc1-c1ccccc1. The summed E-state index contributed by atoms with van der Waals surface area (Å²) < 4.78 is 27.0. The van der Waals surface area contributed by atoms with E-state index in [0.717, 1.165) is 28.3 Å². The Balaban J connectivity index is 1.36. The van der Waals surface area contributed by atoms with Gasteiger partial charge in [0, 0.05) is 25.1 Å². The van der Waals surface area contributed by atoms with Crippen molar-refractivity contribution in [2.24, 2.45) is 5.92 Å². The summed E-state index contributed by atoms with van der Waals surface area (Å²) >= 11 is 1.43. The van der Waals surface area contributed by atoms with Crippen molar-refractivity contribution < 1.29 is 18.4 Å². The third-order valence-corrected chi connectivity index (χ3v) is 6.50. The van der Waals surface area contributed by atoms with Gasteiger partial charge in [0.25, 0.3) is 5.91 Å². The molecule has 2 aromatic carbocycles. The number of hydrogen-bond donors (Lipinski definition) is 1. The summed E-state index contributed by atoms with van der Waals surface area (Å²) in [4.78, 5) is 32.2. The number of likely N-dealkylation sites (tertiary alicyclic amines) is 1. The molecule has 1 aliphatic rings. The molecule has 4 rings (SSSR count). The first-order valence-electron chi connectivity index (χ1n) is 10.0. The lowest BCUT2D eigenvalue weighted by Gasteiger charge is -2.31. The van der Waals surface area contributed by atoms with E-state index in [9.17, 15) is 18.4 Å². The van der Waals surface area contributed by atoms with E-state index in [1.54, 1.807) is 0 Å². The van der Waals surface area contributed by atoms with Crippen LogP contribution in [0.4, 0.5) is 13.9 Å². The van der Waals surface area contributed by atoms with Crippen LogP contribution >= 0.6 is 11.3 Å². The molecule has 0 spiro atoms. The Labute approximate surface area is 182 Å². The smallest absolute Gasteiger partial charge is 0.256 e. The number of aryl methyl sites for hydroxylation is 1. The molecular weight excluding hydrogens is 420 g/mol. The number of aromatic nitrogens is 1. The van der Waals surface area contributed by atoms with Gasteiger partial charge < -0.3 is 10.2 Å². The number of halogens is 2. The summed E-state index contributed by atoms with van der Waals surface area (Å²) in [6.45, 7) is 2.58. The van der Waals surface area contributed by atoms with Crippen molar-refractivity contribution in [3.8, 4) is 10.4 Å². The second-order valence-corrected chi connectivity index (χ2v) is 8.48. The molecule has 0 radical (unpaired) electrons. The number of piperidine rings is 1. The van der Waals surface area contributed by atoms with Gasteiger partial charge in [0.05, 0.1) is 16.1 Å². The van der Waals surface area contributed by atoms with Gasteiger partial charge in [0.1, 0.15) is 11.6 Å². The molecule has 1 N–H and O–H groups in total. The Morgan fingerprint density at radius 3 is 2.48 bits per heavy atom. The Bertz CT molecular complexity index is 1110. The van der Waals surface area contributed by atoms with Crippen molar-refractivity contribution in [1.82, 2.24) is 9.88 Å². The van der Waals surface area contributed by atoms with Gasteiger partial charge in [-0.2, -0.15) is 0 Å². The van der Waals surface area contributed by atoms with Crippen molar-refractivity contribution in [3.63, 3.8) is 0 Å². The molecule has 1 aromatic heterocycles. The number of rotatable bonds is 4. The quantitative estimate of drug-likeness (QED) is 0.627. The number of anilines is 1. The number of amides is 2. The average Bonchev–Trinajstić information content (AvgIpc) is 3.14. The maximum Gasteiger partial charge on any atom is 0.256 e. The maximum absolute atomic E-state index is 13.9. The molecule has 8 heteroatoms. The minimum Gasteiger partial charge on any atom is -0.339 e. The summed E-state index contributed by atoms with van der Waals surface area (Å²) in [7, 11) is 0. The number of thiazole rings is 1. The predicted molar refractivity (Wildman–Crippen MR) is 116 cm³/mol. The van der Waals surface area contributed by atoms with E-state index in [0.29, 0.717) is 37.1 Å². The highest BCUT2D eigenvalue weighted by molar-refractivity contribution is 7.19. The molecule has 5 nitrogen and oxygen atoms in total. The molecule has 0 aliphatic carbocycles. The van der Waals surface area contributed by atoms with Gasteiger partial charge in [-0.05, 0) is 37.5 Å². The van der Waals surface area contributed by atoms with E-state index in [1.165, 1.54) is 16.2 Å². The molecule has 160 valence electrons. The third kappa shape index (κ3) is 4.64. The van der Waals surface area contributed by atoms with Gasteiger partial charge >= 0.3 is 0 Å². The fourth-order valence-electron chi connectivity index (χ4n) is 3.69. The average molecular weight is 442 g/mol. The molecule has 2 amide bonds. The number of carbonyl (C=O) groups excluding carboxylic acids is 2. The third-order valence-electron chi connectivity index (χ3n) is 5.38. The van der Waals surface area contributed by atoms with Crippen LogP contribution in [-0.2, 0) is 4.79 Å². The second kappa shape index (κ2) is 8.93. The summed E-state index contributed by atoms with van der Waals surface area (Å²) in [5.41, 5.74) is 1.75. The van der Waals surface area contributed by atoms with Crippen LogP contribution in [0.1, 0.15) is 28.9 Å². The molecule has 0 bridgehead atoms. The van der Waals surface area contributed by atoms with Crippen molar-refractivity contribution in [1.29, 1.82) is 0 Å². The summed E-state index contributed by atoms with van der Waals surface area (Å²) in [6.07, 6.45) is 0.937. The molecule has 3 aromatic rings. The van der Waals surface area contributed by atoms with E-state index in [1.807, 2.05) is 37.3 Å². The van der Waals surface area contributed by atoms with Gasteiger partial charge in [-0.15, -0.1) is 0 Å². The zero-order valence-electron chi connectivity index (χ0n) is 16.9. The number of hydrogen-bond acceptors (Lipinski definition) is 4. The first kappa shape index (κ1) is 21.1. The monoisotopic (exact) mass is 441 g/mol. The van der Waals surface area contributed by atoms with E-state index >= 15 is 0 Å². The Morgan fingerprint density at radius 2 is 1.81 bits per heavy atom. The molecule has 0 atom stereocenters. The van der Waals surface area contributed by atoms with E-state index in [4.69, 9.17) is 0 Å². The van der Waals surface area contributed by atoms with Crippen LogP contribution < -0.4 is 5.32 Å². The highest BCUT2D eigenvalue weighted by Crippen LogP contribution is 2.33. The first-order chi connectivity index (χ1) is 14.9. The van der Waals surface area contributed by atoms with E-state index in [2.05, 4.69) is 10.3 Å². The number of carbonyl (C=O) groups is 2. The van der Waals surface area contributed by atoms with Gasteiger partial charge in [0.15, 0.2) is 5.13 Å². The summed E-state index contributed by atoms with van der Waals surface area (Å²) in [5, 5.41) is 3.45. The van der Waals surface area contributed by atoms with Gasteiger partial charge in [-0.1, -0.05) is 41.7 Å². The standard InChI is InChI=1S/C23H21F2N3O2S/c1-14-20(15-5-3-2-4-6-15)31-23(26-14)27-21(29)16-9-11-28(12-10-16)22(30)18-8-7-17(24)13-19(18)25/h2-8,13,16H,9-12H2,1H3,(H,26,27,29).